The van der Waals surface area contributed by atoms with Crippen LogP contribution in [0.3, 0.4) is 0 Å². The van der Waals surface area contributed by atoms with Crippen molar-refractivity contribution in [1.29, 1.82) is 0 Å². The molecule has 0 aromatic heterocycles. The normalized spacial score (nSPS) is 27.6. The summed E-state index contributed by atoms with van der Waals surface area (Å²) in [5.74, 6) is 2.63. The molecule has 0 aromatic carbocycles. The molecule has 0 saturated carbocycles. The lowest BCUT2D eigenvalue weighted by atomic mass is 9.87. The van der Waals surface area contributed by atoms with Gasteiger partial charge in [-0.05, 0) is 30.4 Å². The molecule has 1 N–H and O–H groups in total. The quantitative estimate of drug-likeness (QED) is 0.859. The molecule has 116 valence electrons. The second-order valence-corrected chi connectivity index (χ2v) is 7.87. The van der Waals surface area contributed by atoms with Gasteiger partial charge in [-0.25, -0.2) is 0 Å². The SMILES string of the molecule is COCC(=O)N1CCC(NC2CSCC(C)(C)C2)CC1. The first-order valence-corrected chi connectivity index (χ1v) is 8.76. The Hall–Kier alpha value is -0.260. The lowest BCUT2D eigenvalue weighted by molar-refractivity contribution is -0.136. The summed E-state index contributed by atoms with van der Waals surface area (Å²) < 4.78 is 4.92. The topological polar surface area (TPSA) is 41.6 Å². The zero-order valence-corrected chi connectivity index (χ0v) is 13.8. The largest absolute Gasteiger partial charge is 0.375 e. The standard InChI is InChI=1S/C15H28N2O2S/c1-15(2)8-13(10-20-11-15)16-12-4-6-17(7-5-12)14(18)9-19-3/h12-13,16H,4-11H2,1-3H3. The van der Waals surface area contributed by atoms with E-state index in [1.165, 1.54) is 17.9 Å². The third-order valence-corrected chi connectivity index (χ3v) is 5.82. The first-order chi connectivity index (χ1) is 9.50. The number of amides is 1. The van der Waals surface area contributed by atoms with Gasteiger partial charge in [-0.1, -0.05) is 13.8 Å². The molecule has 0 radical (unpaired) electrons. The predicted molar refractivity (Wildman–Crippen MR) is 84.1 cm³/mol. The molecule has 20 heavy (non-hydrogen) atoms. The highest BCUT2D eigenvalue weighted by molar-refractivity contribution is 7.99. The van der Waals surface area contributed by atoms with Crippen molar-refractivity contribution in [2.75, 3.05) is 38.3 Å². The van der Waals surface area contributed by atoms with E-state index in [-0.39, 0.29) is 12.5 Å². The van der Waals surface area contributed by atoms with Crippen LogP contribution in [0.1, 0.15) is 33.1 Å². The molecule has 5 heteroatoms. The minimum Gasteiger partial charge on any atom is -0.375 e. The molecule has 0 aromatic rings. The lowest BCUT2D eigenvalue weighted by Crippen LogP contribution is -2.51. The number of methoxy groups -OCH3 is 1. The van der Waals surface area contributed by atoms with Crippen molar-refractivity contribution < 1.29 is 9.53 Å². The number of likely N-dealkylation sites (tertiary alicyclic amines) is 1. The number of piperidine rings is 1. The van der Waals surface area contributed by atoms with Crippen LogP contribution in [0.4, 0.5) is 0 Å². The van der Waals surface area contributed by atoms with Gasteiger partial charge in [0.1, 0.15) is 6.61 Å². The van der Waals surface area contributed by atoms with Crippen molar-refractivity contribution in [3.63, 3.8) is 0 Å². The maximum atomic E-state index is 11.8. The van der Waals surface area contributed by atoms with Gasteiger partial charge in [0.2, 0.25) is 5.91 Å². The van der Waals surface area contributed by atoms with Gasteiger partial charge in [0, 0.05) is 38.0 Å². The van der Waals surface area contributed by atoms with Crippen LogP contribution in [0.15, 0.2) is 0 Å². The Balaban J connectivity index is 1.73. The molecule has 4 nitrogen and oxygen atoms in total. The van der Waals surface area contributed by atoms with Crippen LogP contribution >= 0.6 is 11.8 Å². The van der Waals surface area contributed by atoms with E-state index in [4.69, 9.17) is 4.74 Å². The van der Waals surface area contributed by atoms with E-state index < -0.39 is 0 Å². The minimum absolute atomic E-state index is 0.125. The van der Waals surface area contributed by atoms with Crippen LogP contribution in [0.2, 0.25) is 0 Å². The monoisotopic (exact) mass is 300 g/mol. The van der Waals surface area contributed by atoms with E-state index in [1.807, 2.05) is 4.90 Å². The first kappa shape index (κ1) is 16.1. The fraction of sp³-hybridized carbons (Fsp3) is 0.933. The summed E-state index contributed by atoms with van der Waals surface area (Å²) in [5.41, 5.74) is 0.454. The first-order valence-electron chi connectivity index (χ1n) is 7.61. The van der Waals surface area contributed by atoms with E-state index >= 15 is 0 Å². The van der Waals surface area contributed by atoms with Crippen LogP contribution in [-0.2, 0) is 9.53 Å². The second kappa shape index (κ2) is 7.14. The Morgan fingerprint density at radius 1 is 1.35 bits per heavy atom. The van der Waals surface area contributed by atoms with Crippen molar-refractivity contribution in [2.45, 2.75) is 45.2 Å². The van der Waals surface area contributed by atoms with Crippen LogP contribution < -0.4 is 5.32 Å². The average molecular weight is 300 g/mol. The Morgan fingerprint density at radius 3 is 2.65 bits per heavy atom. The Kier molecular flexibility index (Phi) is 5.75. The molecule has 0 spiro atoms. The summed E-state index contributed by atoms with van der Waals surface area (Å²) in [6.45, 7) is 6.66. The Bertz CT molecular complexity index is 328. The molecular weight excluding hydrogens is 272 g/mol. The zero-order valence-electron chi connectivity index (χ0n) is 13.0. The second-order valence-electron chi connectivity index (χ2n) is 6.84. The number of hydrogen-bond acceptors (Lipinski definition) is 4. The lowest BCUT2D eigenvalue weighted by Gasteiger charge is -2.39. The average Bonchev–Trinajstić information content (AvgIpc) is 2.38. The third-order valence-electron chi connectivity index (χ3n) is 4.20. The van der Waals surface area contributed by atoms with Crippen molar-refractivity contribution in [1.82, 2.24) is 10.2 Å². The van der Waals surface area contributed by atoms with E-state index in [1.54, 1.807) is 7.11 Å². The highest BCUT2D eigenvalue weighted by Gasteiger charge is 2.31. The van der Waals surface area contributed by atoms with Gasteiger partial charge in [0.25, 0.3) is 0 Å². The molecular formula is C15H28N2O2S. The minimum atomic E-state index is 0.125. The number of nitrogens with zero attached hydrogens (tertiary/aromatic N) is 1. The highest BCUT2D eigenvalue weighted by atomic mass is 32.2. The third kappa shape index (κ3) is 4.64. The van der Waals surface area contributed by atoms with E-state index in [0.29, 0.717) is 17.5 Å². The Labute approximate surface area is 127 Å². The molecule has 2 heterocycles. The van der Waals surface area contributed by atoms with Gasteiger partial charge in [-0.3, -0.25) is 4.79 Å². The molecule has 2 aliphatic heterocycles. The molecule has 2 aliphatic rings. The van der Waals surface area contributed by atoms with Gasteiger partial charge in [0.15, 0.2) is 0 Å². The predicted octanol–water partition coefficient (Wildman–Crippen LogP) is 1.75. The van der Waals surface area contributed by atoms with Crippen LogP contribution in [0.25, 0.3) is 0 Å². The number of rotatable bonds is 4. The van der Waals surface area contributed by atoms with Gasteiger partial charge in [-0.2, -0.15) is 11.8 Å². The molecule has 1 atom stereocenters. The maximum Gasteiger partial charge on any atom is 0.248 e. The van der Waals surface area contributed by atoms with Crippen LogP contribution in [-0.4, -0.2) is 61.2 Å². The maximum absolute atomic E-state index is 11.8. The van der Waals surface area contributed by atoms with E-state index in [2.05, 4.69) is 30.9 Å². The number of carbonyl (C=O) groups excluding carboxylic acids is 1. The molecule has 1 unspecified atom stereocenters. The fourth-order valence-corrected chi connectivity index (χ4v) is 4.50. The van der Waals surface area contributed by atoms with Crippen molar-refractivity contribution in [3.05, 3.63) is 0 Å². The number of hydrogen-bond donors (Lipinski definition) is 1. The van der Waals surface area contributed by atoms with Gasteiger partial charge in [-0.15, -0.1) is 0 Å². The fourth-order valence-electron chi connectivity index (χ4n) is 3.21. The van der Waals surface area contributed by atoms with Crippen LogP contribution in [0, 0.1) is 5.41 Å². The van der Waals surface area contributed by atoms with Gasteiger partial charge >= 0.3 is 0 Å². The number of thioether (sulfide) groups is 1. The van der Waals surface area contributed by atoms with E-state index in [9.17, 15) is 4.79 Å². The van der Waals surface area contributed by atoms with Gasteiger partial charge < -0.3 is 15.0 Å². The summed E-state index contributed by atoms with van der Waals surface area (Å²) in [7, 11) is 1.58. The number of carbonyl (C=O) groups is 1. The number of nitrogens with one attached hydrogen (secondary N) is 1. The molecule has 2 saturated heterocycles. The number of ether oxygens (including phenoxy) is 1. The summed E-state index contributed by atoms with van der Waals surface area (Å²) >= 11 is 2.07. The molecule has 0 bridgehead atoms. The van der Waals surface area contributed by atoms with Crippen molar-refractivity contribution in [2.24, 2.45) is 5.41 Å². The van der Waals surface area contributed by atoms with Crippen molar-refractivity contribution in [3.8, 4) is 0 Å². The smallest absolute Gasteiger partial charge is 0.248 e. The molecule has 2 fully saturated rings. The summed E-state index contributed by atoms with van der Waals surface area (Å²) in [4.78, 5) is 13.7. The summed E-state index contributed by atoms with van der Waals surface area (Å²) in [6, 6.07) is 1.20. The molecule has 0 aliphatic carbocycles. The summed E-state index contributed by atoms with van der Waals surface area (Å²) in [6.07, 6.45) is 3.40. The van der Waals surface area contributed by atoms with Crippen LogP contribution in [0.5, 0.6) is 0 Å². The highest BCUT2D eigenvalue weighted by Crippen LogP contribution is 2.33. The molecule has 2 rings (SSSR count). The molecule has 1 amide bonds. The van der Waals surface area contributed by atoms with Gasteiger partial charge in [0.05, 0.1) is 0 Å². The Morgan fingerprint density at radius 2 is 2.05 bits per heavy atom. The summed E-state index contributed by atoms with van der Waals surface area (Å²) in [5, 5.41) is 3.81. The van der Waals surface area contributed by atoms with Crippen molar-refractivity contribution >= 4 is 17.7 Å². The zero-order chi connectivity index (χ0) is 14.6. The van der Waals surface area contributed by atoms with E-state index in [0.717, 1.165) is 25.9 Å².